The average molecular weight is 343 g/mol. The van der Waals surface area contributed by atoms with E-state index in [0.29, 0.717) is 16.7 Å². The molecule has 0 fully saturated rings. The molecule has 0 amide bonds. The number of nitrogens with one attached hydrogen (secondary N) is 1. The van der Waals surface area contributed by atoms with Crippen molar-refractivity contribution in [1.82, 2.24) is 4.98 Å². The molecule has 0 saturated carbocycles. The maximum absolute atomic E-state index is 11.4. The van der Waals surface area contributed by atoms with Gasteiger partial charge in [0.25, 0.3) is 0 Å². The van der Waals surface area contributed by atoms with Crippen molar-refractivity contribution in [3.63, 3.8) is 0 Å². The van der Waals surface area contributed by atoms with Gasteiger partial charge in [-0.2, -0.15) is 0 Å². The van der Waals surface area contributed by atoms with Crippen LogP contribution >= 0.6 is 15.9 Å². The zero-order chi connectivity index (χ0) is 14.8. The van der Waals surface area contributed by atoms with E-state index in [-0.39, 0.29) is 5.56 Å². The summed E-state index contributed by atoms with van der Waals surface area (Å²) in [6, 6.07) is 16.3. The van der Waals surface area contributed by atoms with E-state index in [4.69, 9.17) is 0 Å². The maximum Gasteiger partial charge on any atom is 0.336 e. The number of hydrogen-bond donors (Lipinski definition) is 2. The highest BCUT2D eigenvalue weighted by Gasteiger charge is 2.12. The van der Waals surface area contributed by atoms with Crippen LogP contribution in [0.25, 0.3) is 10.9 Å². The number of fused-ring (bicyclic) bond motifs is 1. The van der Waals surface area contributed by atoms with Crippen LogP contribution in [-0.2, 0) is 0 Å². The van der Waals surface area contributed by atoms with Crippen molar-refractivity contribution in [3.8, 4) is 0 Å². The van der Waals surface area contributed by atoms with Crippen LogP contribution < -0.4 is 5.32 Å². The van der Waals surface area contributed by atoms with E-state index in [1.54, 1.807) is 24.3 Å². The predicted molar refractivity (Wildman–Crippen MR) is 86.1 cm³/mol. The summed E-state index contributed by atoms with van der Waals surface area (Å²) in [6.45, 7) is 0. The summed E-state index contributed by atoms with van der Waals surface area (Å²) in [6.07, 6.45) is 0. The van der Waals surface area contributed by atoms with E-state index in [0.717, 1.165) is 10.2 Å². The smallest absolute Gasteiger partial charge is 0.336 e. The van der Waals surface area contributed by atoms with Crippen LogP contribution in [0.4, 0.5) is 11.5 Å². The van der Waals surface area contributed by atoms with Crippen molar-refractivity contribution in [2.45, 2.75) is 0 Å². The molecule has 0 aliphatic heterocycles. The molecule has 2 N–H and O–H groups in total. The minimum Gasteiger partial charge on any atom is -0.478 e. The van der Waals surface area contributed by atoms with E-state index in [1.807, 2.05) is 30.3 Å². The Morgan fingerprint density at radius 1 is 1.10 bits per heavy atom. The van der Waals surface area contributed by atoms with Crippen LogP contribution in [0.3, 0.4) is 0 Å². The number of hydrogen-bond acceptors (Lipinski definition) is 3. The summed E-state index contributed by atoms with van der Waals surface area (Å²) < 4.78 is 0.886. The Hall–Kier alpha value is -2.40. The Morgan fingerprint density at radius 3 is 2.57 bits per heavy atom. The molecule has 0 atom stereocenters. The Labute approximate surface area is 129 Å². The minimum absolute atomic E-state index is 0.232. The summed E-state index contributed by atoms with van der Waals surface area (Å²) in [4.78, 5) is 15.9. The normalized spacial score (nSPS) is 10.5. The highest BCUT2D eigenvalue weighted by molar-refractivity contribution is 9.10. The third kappa shape index (κ3) is 2.73. The summed E-state index contributed by atoms with van der Waals surface area (Å²) in [7, 11) is 0. The van der Waals surface area contributed by atoms with Gasteiger partial charge in [-0.1, -0.05) is 30.3 Å². The van der Waals surface area contributed by atoms with E-state index in [9.17, 15) is 9.90 Å². The molecule has 0 saturated heterocycles. The number of carboxylic acids is 1. The van der Waals surface area contributed by atoms with Crippen LogP contribution in [-0.4, -0.2) is 16.1 Å². The van der Waals surface area contributed by atoms with Gasteiger partial charge in [-0.15, -0.1) is 0 Å². The summed E-state index contributed by atoms with van der Waals surface area (Å²) in [5.74, 6) is -0.471. The number of rotatable bonds is 3. The molecule has 1 aromatic heterocycles. The molecule has 104 valence electrons. The summed E-state index contributed by atoms with van der Waals surface area (Å²) in [5.41, 5.74) is 1.71. The quantitative estimate of drug-likeness (QED) is 0.738. The van der Waals surface area contributed by atoms with Gasteiger partial charge in [-0.3, -0.25) is 0 Å². The third-order valence-electron chi connectivity index (χ3n) is 3.08. The zero-order valence-electron chi connectivity index (χ0n) is 10.9. The second-order valence-electron chi connectivity index (χ2n) is 4.48. The molecule has 1 heterocycles. The van der Waals surface area contributed by atoms with Crippen LogP contribution in [0.1, 0.15) is 10.4 Å². The average Bonchev–Trinajstić information content (AvgIpc) is 2.48. The Bertz CT molecular complexity index is 833. The molecule has 21 heavy (non-hydrogen) atoms. The first-order valence-electron chi connectivity index (χ1n) is 6.30. The van der Waals surface area contributed by atoms with Gasteiger partial charge < -0.3 is 10.4 Å². The van der Waals surface area contributed by atoms with Gasteiger partial charge in [-0.05, 0) is 40.2 Å². The van der Waals surface area contributed by atoms with Crippen LogP contribution in [0.15, 0.2) is 59.1 Å². The monoisotopic (exact) mass is 342 g/mol. The number of nitrogens with zero attached hydrogens (tertiary/aromatic N) is 1. The number of anilines is 2. The van der Waals surface area contributed by atoms with E-state index >= 15 is 0 Å². The minimum atomic E-state index is -0.969. The van der Waals surface area contributed by atoms with Gasteiger partial charge in [0.1, 0.15) is 5.82 Å². The number of aromatic nitrogens is 1. The molecule has 0 bridgehead atoms. The number of carboxylic acid groups (broad SMARTS) is 1. The first kappa shape index (κ1) is 13.6. The molecular formula is C16H11BrN2O2. The lowest BCUT2D eigenvalue weighted by Crippen LogP contribution is -2.02. The van der Waals surface area contributed by atoms with Crippen molar-refractivity contribution < 1.29 is 9.90 Å². The molecule has 4 nitrogen and oxygen atoms in total. The molecule has 0 spiro atoms. The topological polar surface area (TPSA) is 62.2 Å². The molecule has 0 aliphatic rings. The number of aromatic carboxylic acids is 1. The molecule has 3 rings (SSSR count). The number of carbonyl (C=O) groups is 1. The highest BCUT2D eigenvalue weighted by Crippen LogP contribution is 2.27. The number of para-hydroxylation sites is 2. The Kier molecular flexibility index (Phi) is 3.58. The highest BCUT2D eigenvalue weighted by atomic mass is 79.9. The van der Waals surface area contributed by atoms with Gasteiger partial charge in [0, 0.05) is 9.86 Å². The standard InChI is InChI=1S/C16H11BrN2O2/c17-12-6-2-4-8-14(12)19-15-9-11(16(20)21)10-5-1-3-7-13(10)18-15/h1-9H,(H,18,19)(H,20,21). The number of halogens is 1. The van der Waals surface area contributed by atoms with Crippen molar-refractivity contribution in [3.05, 3.63) is 64.6 Å². The van der Waals surface area contributed by atoms with Gasteiger partial charge in [-0.25, -0.2) is 9.78 Å². The SMILES string of the molecule is O=C(O)c1cc(Nc2ccccc2Br)nc2ccccc12. The number of benzene rings is 2. The predicted octanol–water partition coefficient (Wildman–Crippen LogP) is 4.44. The summed E-state index contributed by atoms with van der Waals surface area (Å²) >= 11 is 3.44. The summed E-state index contributed by atoms with van der Waals surface area (Å²) in [5, 5.41) is 13.1. The fourth-order valence-electron chi connectivity index (χ4n) is 2.12. The van der Waals surface area contributed by atoms with Gasteiger partial charge in [0.15, 0.2) is 0 Å². The van der Waals surface area contributed by atoms with Crippen molar-refractivity contribution >= 4 is 44.3 Å². The lowest BCUT2D eigenvalue weighted by atomic mass is 10.1. The Balaban J connectivity index is 2.11. The van der Waals surface area contributed by atoms with Gasteiger partial charge in [0.05, 0.1) is 16.8 Å². The second-order valence-corrected chi connectivity index (χ2v) is 5.34. The van der Waals surface area contributed by atoms with Crippen LogP contribution in [0.2, 0.25) is 0 Å². The van der Waals surface area contributed by atoms with Crippen molar-refractivity contribution in [2.75, 3.05) is 5.32 Å². The van der Waals surface area contributed by atoms with Crippen LogP contribution in [0, 0.1) is 0 Å². The largest absolute Gasteiger partial charge is 0.478 e. The van der Waals surface area contributed by atoms with Crippen molar-refractivity contribution in [2.24, 2.45) is 0 Å². The lowest BCUT2D eigenvalue weighted by Gasteiger charge is -2.10. The van der Waals surface area contributed by atoms with Gasteiger partial charge >= 0.3 is 5.97 Å². The van der Waals surface area contributed by atoms with Crippen LogP contribution in [0.5, 0.6) is 0 Å². The van der Waals surface area contributed by atoms with E-state index in [1.165, 1.54) is 0 Å². The fourth-order valence-corrected chi connectivity index (χ4v) is 2.50. The van der Waals surface area contributed by atoms with E-state index < -0.39 is 5.97 Å². The Morgan fingerprint density at radius 2 is 1.81 bits per heavy atom. The second kappa shape index (κ2) is 5.54. The maximum atomic E-state index is 11.4. The molecule has 0 unspecified atom stereocenters. The van der Waals surface area contributed by atoms with E-state index in [2.05, 4.69) is 26.2 Å². The first-order valence-corrected chi connectivity index (χ1v) is 7.09. The fraction of sp³-hybridized carbons (Fsp3) is 0. The third-order valence-corrected chi connectivity index (χ3v) is 3.77. The molecule has 3 aromatic rings. The molecule has 2 aromatic carbocycles. The molecule has 5 heteroatoms. The molecule has 0 aliphatic carbocycles. The molecule has 0 radical (unpaired) electrons. The van der Waals surface area contributed by atoms with Crippen molar-refractivity contribution in [1.29, 1.82) is 0 Å². The number of pyridine rings is 1. The van der Waals surface area contributed by atoms with Gasteiger partial charge in [0.2, 0.25) is 0 Å². The lowest BCUT2D eigenvalue weighted by molar-refractivity contribution is 0.0699. The first-order chi connectivity index (χ1) is 10.1. The zero-order valence-corrected chi connectivity index (χ0v) is 12.5. The molecular weight excluding hydrogens is 332 g/mol.